The molecule has 0 saturated carbocycles. The van der Waals surface area contributed by atoms with Gasteiger partial charge in [0.15, 0.2) is 35.2 Å². The molecule has 0 aliphatic rings. The van der Waals surface area contributed by atoms with Crippen LogP contribution in [0, 0.1) is 0 Å². The third-order valence-electron chi connectivity index (χ3n) is 11.3. The van der Waals surface area contributed by atoms with Crippen molar-refractivity contribution in [3.05, 3.63) is 109 Å². The Morgan fingerprint density at radius 3 is 0.833 bits per heavy atom. The molecule has 0 aliphatic carbocycles. The fraction of sp³-hybridized carbons (Fsp3) is 0.632. The van der Waals surface area contributed by atoms with Crippen molar-refractivity contribution in [2.75, 3.05) is 0 Å². The van der Waals surface area contributed by atoms with Gasteiger partial charge in [-0.05, 0) is 135 Å². The summed E-state index contributed by atoms with van der Waals surface area (Å²) in [6.07, 6.45) is 46.8. The largest absolute Gasteiger partial charge is 0.385 e. The Bertz CT molecular complexity index is 1420. The zero-order valence-electron chi connectivity index (χ0n) is 41.3. The second kappa shape index (κ2) is 44.0. The van der Waals surface area contributed by atoms with Gasteiger partial charge in [0.2, 0.25) is 0 Å². The average Bonchev–Trinajstić information content (AvgIpc) is 3.32. The van der Waals surface area contributed by atoms with E-state index >= 15 is 0 Å². The highest BCUT2D eigenvalue weighted by Gasteiger charge is 2.57. The first kappa shape index (κ1) is 62.4. The Morgan fingerprint density at radius 1 is 0.348 bits per heavy atom. The minimum atomic E-state index is -3.52. The Kier molecular flexibility index (Phi) is 41.6. The van der Waals surface area contributed by atoms with Gasteiger partial charge in [0.05, 0.1) is 0 Å². The van der Waals surface area contributed by atoms with Gasteiger partial charge in [-0.2, -0.15) is 0 Å². The number of hydrogen-bond donors (Lipinski definition) is 6. The van der Waals surface area contributed by atoms with E-state index in [0.717, 1.165) is 51.4 Å². The quantitative estimate of drug-likeness (QED) is 0.0257. The Balaban J connectivity index is 5.47. The smallest absolute Gasteiger partial charge is 0.199 e. The van der Waals surface area contributed by atoms with E-state index in [1.54, 1.807) is 0 Å². The number of carbonyl (C=O) groups is 3. The minimum Gasteiger partial charge on any atom is -0.385 e. The van der Waals surface area contributed by atoms with E-state index in [4.69, 9.17) is 0 Å². The van der Waals surface area contributed by atoms with Crippen molar-refractivity contribution in [3.63, 3.8) is 0 Å². The van der Waals surface area contributed by atoms with Gasteiger partial charge in [0, 0.05) is 0 Å². The molecule has 5 atom stereocenters. The highest BCUT2D eigenvalue weighted by molar-refractivity contribution is 6.04. The second-order valence-electron chi connectivity index (χ2n) is 17.3. The lowest BCUT2D eigenvalue weighted by molar-refractivity contribution is -0.191. The molecule has 0 bridgehead atoms. The standard InChI is InChI=1S/C57H92O9/c1-4-7-10-13-16-19-22-25-28-31-34-37-40-43-46-49(58)52(61)55(64)57(66,54(63)51(60)48-45-42-39-36-33-30-27-24-21-18-15-12-9-6-3)56(65)53(62)50(59)47-44-41-38-35-32-29-26-23-20-17-14-11-8-5-2/h16-21,25-30,34-39,49-51,55-56,58-60,64-66H,4-15,22-24,31-33,40-48H2,1-3H3/b19-16+,20-17+,21-18+,28-25+,29-26+,30-27+,37-34+,38-35+,39-36+. The van der Waals surface area contributed by atoms with Gasteiger partial charge < -0.3 is 30.6 Å². The van der Waals surface area contributed by atoms with Gasteiger partial charge in [-0.15, -0.1) is 0 Å². The Hall–Kier alpha value is -3.57. The summed E-state index contributed by atoms with van der Waals surface area (Å²) in [6.45, 7) is 6.56. The summed E-state index contributed by atoms with van der Waals surface area (Å²) < 4.78 is 0. The van der Waals surface area contributed by atoms with Crippen molar-refractivity contribution in [1.82, 2.24) is 0 Å². The average molecular weight is 921 g/mol. The molecule has 0 fully saturated rings. The van der Waals surface area contributed by atoms with Crippen molar-refractivity contribution in [2.24, 2.45) is 0 Å². The molecule has 0 amide bonds. The van der Waals surface area contributed by atoms with Crippen molar-refractivity contribution in [1.29, 1.82) is 0 Å². The number of hydrogen-bond acceptors (Lipinski definition) is 9. The van der Waals surface area contributed by atoms with Crippen LogP contribution >= 0.6 is 0 Å². The molecule has 9 nitrogen and oxygen atoms in total. The second-order valence-corrected chi connectivity index (χ2v) is 17.3. The van der Waals surface area contributed by atoms with Crippen LogP contribution in [0.5, 0.6) is 0 Å². The van der Waals surface area contributed by atoms with E-state index in [-0.39, 0.29) is 25.7 Å². The van der Waals surface area contributed by atoms with E-state index in [1.807, 2.05) is 42.5 Å². The molecule has 0 aliphatic heterocycles. The van der Waals surface area contributed by atoms with Crippen LogP contribution in [-0.4, -0.2) is 84.1 Å². The molecular weight excluding hydrogens is 829 g/mol. The number of unbranched alkanes of at least 4 members (excludes halogenated alkanes) is 12. The number of allylic oxidation sites excluding steroid dienone is 18. The predicted octanol–water partition coefficient (Wildman–Crippen LogP) is 11.8. The van der Waals surface area contributed by atoms with Crippen LogP contribution in [0.1, 0.15) is 194 Å². The van der Waals surface area contributed by atoms with Crippen LogP contribution in [0.3, 0.4) is 0 Å². The molecule has 0 aromatic rings. The van der Waals surface area contributed by atoms with Gasteiger partial charge in [-0.1, -0.05) is 169 Å². The van der Waals surface area contributed by atoms with Crippen LogP contribution in [0.2, 0.25) is 0 Å². The molecule has 66 heavy (non-hydrogen) atoms. The first-order valence-electron chi connectivity index (χ1n) is 25.6. The van der Waals surface area contributed by atoms with Gasteiger partial charge in [-0.25, -0.2) is 0 Å². The van der Waals surface area contributed by atoms with E-state index in [2.05, 4.69) is 87.6 Å². The van der Waals surface area contributed by atoms with Gasteiger partial charge in [-0.3, -0.25) is 14.4 Å². The Morgan fingerprint density at radius 2 is 0.576 bits per heavy atom. The lowest BCUT2D eigenvalue weighted by Crippen LogP contribution is -2.67. The summed E-state index contributed by atoms with van der Waals surface area (Å²) in [5.74, 6) is -4.29. The van der Waals surface area contributed by atoms with Crippen molar-refractivity contribution in [3.8, 4) is 0 Å². The molecule has 0 aromatic heterocycles. The maximum absolute atomic E-state index is 13.7. The van der Waals surface area contributed by atoms with Crippen LogP contribution in [-0.2, 0) is 14.4 Å². The Labute approximate surface area is 400 Å². The first-order valence-corrected chi connectivity index (χ1v) is 25.6. The van der Waals surface area contributed by atoms with Gasteiger partial charge in [0.25, 0.3) is 0 Å². The summed E-state index contributed by atoms with van der Waals surface area (Å²) in [6, 6.07) is 0. The summed E-state index contributed by atoms with van der Waals surface area (Å²) in [7, 11) is 0. The van der Waals surface area contributed by atoms with E-state index in [0.29, 0.717) is 38.5 Å². The number of ketones is 3. The number of carbonyl (C=O) groups excluding carboxylic acids is 3. The maximum Gasteiger partial charge on any atom is 0.199 e. The van der Waals surface area contributed by atoms with Crippen molar-refractivity contribution in [2.45, 2.75) is 230 Å². The van der Waals surface area contributed by atoms with Crippen LogP contribution < -0.4 is 0 Å². The summed E-state index contributed by atoms with van der Waals surface area (Å²) in [4.78, 5) is 40.4. The molecule has 0 aromatic carbocycles. The molecule has 0 radical (unpaired) electrons. The molecular formula is C57H92O9. The SMILES string of the molecule is CCCCC/C=C/C/C=C/C/C=C/CCCC(O)C(=O)C(O)C(O)(C(=O)C(O)CCC/C=C/C/C=C/C/C=C/CCCCC)C(O)C(=O)C(O)CCC/C=C/C/C=C/C/C=C/CCCCC. The van der Waals surface area contributed by atoms with Crippen LogP contribution in [0.15, 0.2) is 109 Å². The highest BCUT2D eigenvalue weighted by Crippen LogP contribution is 2.26. The number of rotatable bonds is 44. The molecule has 9 heteroatoms. The topological polar surface area (TPSA) is 173 Å². The third-order valence-corrected chi connectivity index (χ3v) is 11.3. The molecule has 0 saturated heterocycles. The molecule has 6 N–H and O–H groups in total. The molecule has 0 rings (SSSR count). The fourth-order valence-electron chi connectivity index (χ4n) is 7.06. The van der Waals surface area contributed by atoms with Crippen LogP contribution in [0.25, 0.3) is 0 Å². The zero-order valence-corrected chi connectivity index (χ0v) is 41.3. The molecule has 5 unspecified atom stereocenters. The summed E-state index contributed by atoms with van der Waals surface area (Å²) >= 11 is 0. The first-order chi connectivity index (χ1) is 32.0. The van der Waals surface area contributed by atoms with E-state index < -0.39 is 53.5 Å². The monoisotopic (exact) mass is 921 g/mol. The summed E-state index contributed by atoms with van der Waals surface area (Å²) in [5.41, 5.74) is -3.52. The number of aliphatic hydroxyl groups is 6. The van der Waals surface area contributed by atoms with Gasteiger partial charge >= 0.3 is 0 Å². The number of Topliss-reactive ketones (excluding diaryl/α,β-unsaturated/α-hetero) is 3. The van der Waals surface area contributed by atoms with Crippen LogP contribution in [0.4, 0.5) is 0 Å². The normalized spacial score (nSPS) is 16.1. The molecule has 0 heterocycles. The van der Waals surface area contributed by atoms with Gasteiger partial charge in [0.1, 0.15) is 18.3 Å². The predicted molar refractivity (Wildman–Crippen MR) is 274 cm³/mol. The zero-order chi connectivity index (χ0) is 48.9. The fourth-order valence-corrected chi connectivity index (χ4v) is 7.06. The van der Waals surface area contributed by atoms with Crippen molar-refractivity contribution < 1.29 is 45.0 Å². The van der Waals surface area contributed by atoms with E-state index in [9.17, 15) is 45.0 Å². The van der Waals surface area contributed by atoms with E-state index in [1.165, 1.54) is 57.8 Å². The number of aliphatic hydroxyl groups excluding tert-OH is 5. The molecule has 0 spiro atoms. The third kappa shape index (κ3) is 31.4. The highest BCUT2D eigenvalue weighted by atomic mass is 16.4. The maximum atomic E-state index is 13.7. The minimum absolute atomic E-state index is 0.130. The lowest BCUT2D eigenvalue weighted by Gasteiger charge is -2.36. The summed E-state index contributed by atoms with van der Waals surface area (Å²) in [5, 5.41) is 66.5. The lowest BCUT2D eigenvalue weighted by atomic mass is 9.77. The van der Waals surface area contributed by atoms with Crippen molar-refractivity contribution >= 4 is 17.3 Å². The molecule has 374 valence electrons.